The quantitative estimate of drug-likeness (QED) is 0.306. The molecule has 7 heteroatoms. The summed E-state index contributed by atoms with van der Waals surface area (Å²) in [6, 6.07) is 15.8. The molecule has 7 nitrogen and oxygen atoms in total. The predicted octanol–water partition coefficient (Wildman–Crippen LogP) is 4.64. The maximum atomic E-state index is 13.2. The van der Waals surface area contributed by atoms with Gasteiger partial charge in [0, 0.05) is 65.3 Å². The lowest BCUT2D eigenvalue weighted by atomic mass is 9.90. The van der Waals surface area contributed by atoms with Gasteiger partial charge in [0.15, 0.2) is 0 Å². The number of hydrogen-bond acceptors (Lipinski definition) is 5. The highest BCUT2D eigenvalue weighted by Gasteiger charge is 2.40. The minimum Gasteiger partial charge on any atom is -0.466 e. The van der Waals surface area contributed by atoms with Gasteiger partial charge in [-0.15, -0.1) is 0 Å². The van der Waals surface area contributed by atoms with Gasteiger partial charge < -0.3 is 18.6 Å². The second-order valence-corrected chi connectivity index (χ2v) is 9.58. The van der Waals surface area contributed by atoms with Gasteiger partial charge in [0.25, 0.3) is 0 Å². The van der Waals surface area contributed by atoms with Crippen LogP contribution in [0.1, 0.15) is 36.6 Å². The molecule has 0 amide bonds. The number of benzene rings is 2. The van der Waals surface area contributed by atoms with E-state index in [2.05, 4.69) is 10.6 Å². The van der Waals surface area contributed by atoms with E-state index in [0.29, 0.717) is 29.2 Å². The molecular formula is C29H26N2O5. The molecule has 4 heterocycles. The molecule has 36 heavy (non-hydrogen) atoms. The van der Waals surface area contributed by atoms with E-state index in [0.717, 1.165) is 58.9 Å². The van der Waals surface area contributed by atoms with Crippen molar-refractivity contribution in [2.75, 3.05) is 6.61 Å². The van der Waals surface area contributed by atoms with Crippen molar-refractivity contribution in [3.05, 3.63) is 71.5 Å². The number of hydrogen-bond donors (Lipinski definition) is 0. The van der Waals surface area contributed by atoms with Crippen LogP contribution in [-0.4, -0.2) is 33.6 Å². The summed E-state index contributed by atoms with van der Waals surface area (Å²) in [7, 11) is 1.93. The molecule has 0 saturated carbocycles. The molecule has 0 bridgehead atoms. The Morgan fingerprint density at radius 1 is 1.00 bits per heavy atom. The van der Waals surface area contributed by atoms with E-state index in [1.165, 1.54) is 6.92 Å². The van der Waals surface area contributed by atoms with E-state index in [1.54, 1.807) is 0 Å². The minimum atomic E-state index is -0.606. The number of ether oxygens (including phenoxy) is 2. The molecule has 2 aromatic heterocycles. The summed E-state index contributed by atoms with van der Waals surface area (Å²) in [5, 5.41) is 1.84. The average molecular weight is 483 g/mol. The van der Waals surface area contributed by atoms with Crippen LogP contribution in [0.5, 0.6) is 0 Å². The first-order valence-electron chi connectivity index (χ1n) is 12.2. The van der Waals surface area contributed by atoms with Gasteiger partial charge in [0.05, 0.1) is 17.8 Å². The minimum absolute atomic E-state index is 0.266. The number of nitrogens with zero attached hydrogens (tertiary/aromatic N) is 2. The van der Waals surface area contributed by atoms with Crippen LogP contribution in [0, 0.1) is 5.92 Å². The van der Waals surface area contributed by atoms with Gasteiger partial charge in [-0.2, -0.15) is 0 Å². The van der Waals surface area contributed by atoms with Crippen LogP contribution < -0.4 is 0 Å². The molecule has 2 aromatic carbocycles. The van der Waals surface area contributed by atoms with E-state index in [1.807, 2.05) is 60.3 Å². The van der Waals surface area contributed by atoms with Crippen LogP contribution in [0.2, 0.25) is 0 Å². The van der Waals surface area contributed by atoms with Crippen molar-refractivity contribution in [2.24, 2.45) is 13.0 Å². The van der Waals surface area contributed by atoms with Crippen molar-refractivity contribution in [3.8, 4) is 0 Å². The number of esters is 3. The Balaban J connectivity index is 1.53. The molecule has 1 unspecified atom stereocenters. The molecule has 182 valence electrons. The summed E-state index contributed by atoms with van der Waals surface area (Å²) in [5.74, 6) is -1.12. The number of rotatable bonds is 5. The van der Waals surface area contributed by atoms with Gasteiger partial charge in [-0.1, -0.05) is 36.4 Å². The van der Waals surface area contributed by atoms with Crippen LogP contribution in [0.15, 0.2) is 54.7 Å². The van der Waals surface area contributed by atoms with Crippen molar-refractivity contribution < 1.29 is 23.9 Å². The van der Waals surface area contributed by atoms with Gasteiger partial charge >= 0.3 is 17.9 Å². The maximum absolute atomic E-state index is 13.2. The molecule has 0 N–H and O–H groups in total. The standard InChI is InChI=1S/C29H26N2O5/c1-17(32)35-14-13-18-11-12-24-25(20-8-4-6-10-23(20)31(24)15-18)27-26(28(33)36-29(27)34)21-16-30(2)22-9-5-3-7-19(21)22/h3-10,16,18H,11-15H2,1-2H3. The zero-order valence-electron chi connectivity index (χ0n) is 20.2. The van der Waals surface area contributed by atoms with Crippen molar-refractivity contribution >= 4 is 50.9 Å². The third-order valence-electron chi connectivity index (χ3n) is 7.40. The van der Waals surface area contributed by atoms with E-state index in [4.69, 9.17) is 9.47 Å². The molecular weight excluding hydrogens is 456 g/mol. The smallest absolute Gasteiger partial charge is 0.347 e. The first-order valence-corrected chi connectivity index (χ1v) is 12.2. The fourth-order valence-corrected chi connectivity index (χ4v) is 5.80. The van der Waals surface area contributed by atoms with Gasteiger partial charge in [-0.3, -0.25) is 4.79 Å². The Labute approximate surface area is 207 Å². The predicted molar refractivity (Wildman–Crippen MR) is 136 cm³/mol. The molecule has 0 aliphatic carbocycles. The van der Waals surface area contributed by atoms with E-state index < -0.39 is 11.9 Å². The zero-order chi connectivity index (χ0) is 25.0. The highest BCUT2D eigenvalue weighted by molar-refractivity contribution is 6.47. The topological polar surface area (TPSA) is 79.5 Å². The number of aromatic nitrogens is 2. The molecule has 0 fully saturated rings. The number of carbonyl (C=O) groups is 3. The molecule has 4 aromatic rings. The molecule has 0 radical (unpaired) electrons. The monoisotopic (exact) mass is 482 g/mol. The molecule has 2 aliphatic rings. The van der Waals surface area contributed by atoms with Crippen LogP contribution in [-0.2, 0) is 43.9 Å². The van der Waals surface area contributed by atoms with Crippen molar-refractivity contribution in [1.29, 1.82) is 0 Å². The number of cyclic esters (lactones) is 2. The summed E-state index contributed by atoms with van der Waals surface area (Å²) in [4.78, 5) is 37.5. The van der Waals surface area contributed by atoms with Crippen LogP contribution in [0.25, 0.3) is 33.0 Å². The summed E-state index contributed by atoms with van der Waals surface area (Å²) < 4.78 is 14.6. The molecule has 0 saturated heterocycles. The van der Waals surface area contributed by atoms with Crippen LogP contribution >= 0.6 is 0 Å². The number of aryl methyl sites for hydroxylation is 1. The fourth-order valence-electron chi connectivity index (χ4n) is 5.80. The normalized spacial score (nSPS) is 17.7. The third kappa shape index (κ3) is 3.46. The van der Waals surface area contributed by atoms with Gasteiger partial charge in [0.1, 0.15) is 0 Å². The highest BCUT2D eigenvalue weighted by atomic mass is 16.6. The Bertz CT molecular complexity index is 1600. The number of fused-ring (bicyclic) bond motifs is 4. The number of carbonyl (C=O) groups excluding carboxylic acids is 3. The van der Waals surface area contributed by atoms with Gasteiger partial charge in [0.2, 0.25) is 0 Å². The van der Waals surface area contributed by atoms with Crippen LogP contribution in [0.3, 0.4) is 0 Å². The maximum Gasteiger partial charge on any atom is 0.347 e. The van der Waals surface area contributed by atoms with Gasteiger partial charge in [-0.05, 0) is 37.3 Å². The van der Waals surface area contributed by atoms with E-state index in [9.17, 15) is 14.4 Å². The fraction of sp³-hybridized carbons (Fsp3) is 0.276. The van der Waals surface area contributed by atoms with Crippen molar-refractivity contribution in [3.63, 3.8) is 0 Å². The Morgan fingerprint density at radius 3 is 2.47 bits per heavy atom. The summed E-state index contributed by atoms with van der Waals surface area (Å²) >= 11 is 0. The first kappa shape index (κ1) is 22.3. The lowest BCUT2D eigenvalue weighted by Crippen LogP contribution is -2.22. The summed E-state index contributed by atoms with van der Waals surface area (Å²) in [5.41, 5.74) is 5.22. The third-order valence-corrected chi connectivity index (χ3v) is 7.40. The molecule has 0 spiro atoms. The second kappa shape index (κ2) is 8.52. The molecule has 1 atom stereocenters. The van der Waals surface area contributed by atoms with E-state index >= 15 is 0 Å². The van der Waals surface area contributed by atoms with Crippen molar-refractivity contribution in [2.45, 2.75) is 32.7 Å². The summed E-state index contributed by atoms with van der Waals surface area (Å²) in [6.07, 6.45) is 4.34. The van der Waals surface area contributed by atoms with Gasteiger partial charge in [-0.25, -0.2) is 9.59 Å². The van der Waals surface area contributed by atoms with E-state index in [-0.39, 0.29) is 5.97 Å². The van der Waals surface area contributed by atoms with Crippen molar-refractivity contribution in [1.82, 2.24) is 9.13 Å². The zero-order valence-corrected chi connectivity index (χ0v) is 20.2. The lowest BCUT2D eigenvalue weighted by Gasteiger charge is -2.26. The highest BCUT2D eigenvalue weighted by Crippen LogP contribution is 2.44. The largest absolute Gasteiger partial charge is 0.466 e. The SMILES string of the molecule is CC(=O)OCCC1CCc2c(C3=C(c4cn(C)c5ccccc45)C(=O)OC3=O)c3ccccc3n2C1. The number of para-hydroxylation sites is 2. The average Bonchev–Trinajstić information content (AvgIpc) is 3.47. The Morgan fingerprint density at radius 2 is 1.69 bits per heavy atom. The Kier molecular flexibility index (Phi) is 5.29. The summed E-state index contributed by atoms with van der Waals surface area (Å²) in [6.45, 7) is 2.59. The lowest BCUT2D eigenvalue weighted by molar-refractivity contribution is -0.149. The second-order valence-electron chi connectivity index (χ2n) is 9.58. The molecule has 2 aliphatic heterocycles. The van der Waals surface area contributed by atoms with Crippen LogP contribution in [0.4, 0.5) is 0 Å². The molecule has 6 rings (SSSR count). The first-order chi connectivity index (χ1) is 17.4. The Hall–Kier alpha value is -4.13.